The van der Waals surface area contributed by atoms with Crippen molar-refractivity contribution in [3.8, 4) is 5.75 Å². The third kappa shape index (κ3) is 5.91. The van der Waals surface area contributed by atoms with Crippen molar-refractivity contribution in [2.24, 2.45) is 0 Å². The van der Waals surface area contributed by atoms with Gasteiger partial charge in [0.2, 0.25) is 10.0 Å². The van der Waals surface area contributed by atoms with Crippen molar-refractivity contribution in [3.05, 3.63) is 53.6 Å². The predicted molar refractivity (Wildman–Crippen MR) is 127 cm³/mol. The first-order valence-electron chi connectivity index (χ1n) is 11.1. The first kappa shape index (κ1) is 24.7. The van der Waals surface area contributed by atoms with Crippen LogP contribution < -0.4 is 15.4 Å². The van der Waals surface area contributed by atoms with Crippen LogP contribution in [0.25, 0.3) is 0 Å². The summed E-state index contributed by atoms with van der Waals surface area (Å²) in [5, 5.41) is 5.54. The standard InChI is InChI=1S/C24H31N3O5S/c1-17(2)25-23(28)19-10-6-7-11-21(19)26-24(29)20-16-18(12-13-22(20)32-3)33(30,31)27-14-8-4-5-9-15-27/h6-7,10-13,16-17H,4-5,8-9,14-15H2,1-3H3,(H,25,28)(H,26,29). The van der Waals surface area contributed by atoms with Gasteiger partial charge in [-0.2, -0.15) is 4.31 Å². The minimum Gasteiger partial charge on any atom is -0.496 e. The van der Waals surface area contributed by atoms with E-state index >= 15 is 0 Å². The van der Waals surface area contributed by atoms with E-state index in [0.29, 0.717) is 24.3 Å². The first-order valence-corrected chi connectivity index (χ1v) is 12.6. The number of rotatable bonds is 7. The Balaban J connectivity index is 1.92. The fourth-order valence-electron chi connectivity index (χ4n) is 3.78. The maximum atomic E-state index is 13.2. The normalized spacial score (nSPS) is 15.0. The summed E-state index contributed by atoms with van der Waals surface area (Å²) in [5.41, 5.74) is 0.711. The zero-order chi connectivity index (χ0) is 24.0. The molecule has 0 radical (unpaired) electrons. The Morgan fingerprint density at radius 3 is 2.24 bits per heavy atom. The van der Waals surface area contributed by atoms with Gasteiger partial charge in [-0.3, -0.25) is 9.59 Å². The zero-order valence-electron chi connectivity index (χ0n) is 19.3. The fraction of sp³-hybridized carbons (Fsp3) is 0.417. The number of anilines is 1. The molecule has 2 amide bonds. The number of carbonyl (C=O) groups is 2. The van der Waals surface area contributed by atoms with E-state index in [-0.39, 0.29) is 28.2 Å². The first-order chi connectivity index (χ1) is 15.7. The molecule has 2 N–H and O–H groups in total. The Morgan fingerprint density at radius 1 is 0.939 bits per heavy atom. The van der Waals surface area contributed by atoms with Crippen molar-refractivity contribution in [1.29, 1.82) is 0 Å². The highest BCUT2D eigenvalue weighted by Gasteiger charge is 2.27. The van der Waals surface area contributed by atoms with E-state index in [9.17, 15) is 18.0 Å². The number of ether oxygens (including phenoxy) is 1. The van der Waals surface area contributed by atoms with Gasteiger partial charge in [0.25, 0.3) is 11.8 Å². The Hall–Kier alpha value is -2.91. The van der Waals surface area contributed by atoms with Crippen LogP contribution in [0.3, 0.4) is 0 Å². The van der Waals surface area contributed by atoms with Gasteiger partial charge in [0.1, 0.15) is 5.75 Å². The maximum absolute atomic E-state index is 13.2. The maximum Gasteiger partial charge on any atom is 0.259 e. The number of amides is 2. The van der Waals surface area contributed by atoms with Crippen molar-refractivity contribution in [3.63, 3.8) is 0 Å². The smallest absolute Gasteiger partial charge is 0.259 e. The average Bonchev–Trinajstić information content (AvgIpc) is 3.08. The lowest BCUT2D eigenvalue weighted by Gasteiger charge is -2.21. The number of nitrogens with one attached hydrogen (secondary N) is 2. The number of hydrogen-bond donors (Lipinski definition) is 2. The van der Waals surface area contributed by atoms with Gasteiger partial charge < -0.3 is 15.4 Å². The molecule has 1 heterocycles. The molecule has 0 bridgehead atoms. The SMILES string of the molecule is COc1ccc(S(=O)(=O)N2CCCCCC2)cc1C(=O)Nc1ccccc1C(=O)NC(C)C. The highest BCUT2D eigenvalue weighted by Crippen LogP contribution is 2.27. The zero-order valence-corrected chi connectivity index (χ0v) is 20.1. The van der Waals surface area contributed by atoms with Crippen LogP contribution >= 0.6 is 0 Å². The molecular weight excluding hydrogens is 442 g/mol. The van der Waals surface area contributed by atoms with Gasteiger partial charge in [-0.1, -0.05) is 25.0 Å². The number of methoxy groups -OCH3 is 1. The minimum atomic E-state index is -3.74. The minimum absolute atomic E-state index is 0.0428. The molecule has 1 aliphatic heterocycles. The molecule has 0 atom stereocenters. The van der Waals surface area contributed by atoms with Crippen LogP contribution in [0, 0.1) is 0 Å². The molecule has 1 saturated heterocycles. The fourth-order valence-corrected chi connectivity index (χ4v) is 5.32. The lowest BCUT2D eigenvalue weighted by molar-refractivity contribution is 0.0944. The lowest BCUT2D eigenvalue weighted by atomic mass is 10.1. The number of para-hydroxylation sites is 1. The monoisotopic (exact) mass is 473 g/mol. The van der Waals surface area contributed by atoms with E-state index in [0.717, 1.165) is 25.7 Å². The van der Waals surface area contributed by atoms with Gasteiger partial charge in [-0.05, 0) is 57.0 Å². The summed E-state index contributed by atoms with van der Waals surface area (Å²) in [6.45, 7) is 4.63. The van der Waals surface area contributed by atoms with E-state index in [1.165, 1.54) is 29.6 Å². The molecule has 0 unspecified atom stereocenters. The number of sulfonamides is 1. The van der Waals surface area contributed by atoms with Crippen LogP contribution in [0.4, 0.5) is 5.69 Å². The largest absolute Gasteiger partial charge is 0.496 e. The lowest BCUT2D eigenvalue weighted by Crippen LogP contribution is -2.32. The Labute approximate surface area is 195 Å². The highest BCUT2D eigenvalue weighted by molar-refractivity contribution is 7.89. The molecular formula is C24H31N3O5S. The summed E-state index contributed by atoms with van der Waals surface area (Å²) in [7, 11) is -2.32. The number of nitrogens with zero attached hydrogens (tertiary/aromatic N) is 1. The Morgan fingerprint density at radius 2 is 1.61 bits per heavy atom. The van der Waals surface area contributed by atoms with E-state index in [4.69, 9.17) is 4.74 Å². The molecule has 0 aliphatic carbocycles. The third-order valence-electron chi connectivity index (χ3n) is 5.46. The van der Waals surface area contributed by atoms with Crippen LogP contribution in [-0.4, -0.2) is 50.8 Å². The van der Waals surface area contributed by atoms with Crippen molar-refractivity contribution in [2.75, 3.05) is 25.5 Å². The van der Waals surface area contributed by atoms with Gasteiger partial charge >= 0.3 is 0 Å². The van der Waals surface area contributed by atoms with Crippen molar-refractivity contribution < 1.29 is 22.7 Å². The molecule has 33 heavy (non-hydrogen) atoms. The quantitative estimate of drug-likeness (QED) is 0.639. The van der Waals surface area contributed by atoms with E-state index in [1.807, 2.05) is 13.8 Å². The van der Waals surface area contributed by atoms with Crippen LogP contribution in [0.15, 0.2) is 47.4 Å². The number of carbonyl (C=O) groups excluding carboxylic acids is 2. The van der Waals surface area contributed by atoms with Crippen LogP contribution in [0.5, 0.6) is 5.75 Å². The van der Waals surface area contributed by atoms with Gasteiger partial charge in [0.15, 0.2) is 0 Å². The van der Waals surface area contributed by atoms with Gasteiger partial charge in [-0.25, -0.2) is 8.42 Å². The molecule has 2 aromatic carbocycles. The molecule has 3 rings (SSSR count). The number of hydrogen-bond acceptors (Lipinski definition) is 5. The Bertz CT molecular complexity index is 1110. The number of benzene rings is 2. The second kappa shape index (κ2) is 10.8. The summed E-state index contributed by atoms with van der Waals surface area (Å²) in [6, 6.07) is 10.9. The van der Waals surface area contributed by atoms with Crippen molar-refractivity contribution in [2.45, 2.75) is 50.5 Å². The summed E-state index contributed by atoms with van der Waals surface area (Å²) in [6.07, 6.45) is 3.65. The van der Waals surface area contributed by atoms with Crippen LogP contribution in [0.2, 0.25) is 0 Å². The van der Waals surface area contributed by atoms with Gasteiger partial charge in [0, 0.05) is 19.1 Å². The second-order valence-corrected chi connectivity index (χ2v) is 10.2. The van der Waals surface area contributed by atoms with Crippen LogP contribution in [-0.2, 0) is 10.0 Å². The second-order valence-electron chi connectivity index (χ2n) is 8.31. The van der Waals surface area contributed by atoms with Crippen LogP contribution in [0.1, 0.15) is 60.2 Å². The molecule has 178 valence electrons. The van der Waals surface area contributed by atoms with E-state index in [1.54, 1.807) is 24.3 Å². The molecule has 0 aromatic heterocycles. The van der Waals surface area contributed by atoms with Crippen molar-refractivity contribution >= 4 is 27.5 Å². The molecule has 2 aromatic rings. The molecule has 1 aliphatic rings. The summed E-state index contributed by atoms with van der Waals surface area (Å²) in [4.78, 5) is 25.7. The predicted octanol–water partition coefficient (Wildman–Crippen LogP) is 3.65. The molecule has 9 heteroatoms. The summed E-state index contributed by atoms with van der Waals surface area (Å²) in [5.74, 6) is -0.638. The summed E-state index contributed by atoms with van der Waals surface area (Å²) >= 11 is 0. The molecule has 8 nitrogen and oxygen atoms in total. The van der Waals surface area contributed by atoms with Gasteiger partial charge in [0.05, 0.1) is 28.8 Å². The summed E-state index contributed by atoms with van der Waals surface area (Å²) < 4.78 is 33.2. The molecule has 0 saturated carbocycles. The highest BCUT2D eigenvalue weighted by atomic mass is 32.2. The van der Waals surface area contributed by atoms with Gasteiger partial charge in [-0.15, -0.1) is 0 Å². The topological polar surface area (TPSA) is 105 Å². The van der Waals surface area contributed by atoms with E-state index in [2.05, 4.69) is 10.6 Å². The van der Waals surface area contributed by atoms with Crippen molar-refractivity contribution in [1.82, 2.24) is 9.62 Å². The van der Waals surface area contributed by atoms with E-state index < -0.39 is 15.9 Å². The Kier molecular flexibility index (Phi) is 8.10. The average molecular weight is 474 g/mol. The molecule has 1 fully saturated rings. The molecule has 0 spiro atoms. The third-order valence-corrected chi connectivity index (χ3v) is 7.35.